The van der Waals surface area contributed by atoms with Gasteiger partial charge in [-0.05, 0) is 57.8 Å². The maximum absolute atomic E-state index is 12.5. The summed E-state index contributed by atoms with van der Waals surface area (Å²) in [5, 5.41) is 23.2. The van der Waals surface area contributed by atoms with Crippen LogP contribution in [0.3, 0.4) is 0 Å². The Morgan fingerprint density at radius 3 is 0.899 bits per heavy atom. The molecule has 0 aromatic rings. The largest absolute Gasteiger partial charge is 0.466 e. The van der Waals surface area contributed by atoms with Crippen LogP contribution in [0.25, 0.3) is 0 Å². The Bertz CT molecular complexity index is 1230. The fourth-order valence-electron chi connectivity index (χ4n) is 11.5. The van der Waals surface area contributed by atoms with Crippen LogP contribution < -0.4 is 5.32 Å². The number of carbonyl (C=O) groups is 2. The molecule has 0 saturated carbocycles. The van der Waals surface area contributed by atoms with Gasteiger partial charge in [-0.3, -0.25) is 9.59 Å². The number of aliphatic hydroxyl groups excluding tert-OH is 2. The van der Waals surface area contributed by atoms with E-state index in [-0.39, 0.29) is 18.5 Å². The summed E-state index contributed by atoms with van der Waals surface area (Å²) in [4.78, 5) is 24.6. The molecule has 0 bridgehead atoms. The minimum atomic E-state index is -0.845. The maximum Gasteiger partial charge on any atom is 0.305 e. The van der Waals surface area contributed by atoms with E-state index < -0.39 is 12.1 Å². The number of carbonyl (C=O) groups excluding carboxylic acids is 2. The van der Waals surface area contributed by atoms with Crippen LogP contribution in [0.2, 0.25) is 0 Å². The van der Waals surface area contributed by atoms with Crippen LogP contribution in [0, 0.1) is 0 Å². The number of amides is 1. The average Bonchev–Trinajstić information content (AvgIpc) is 3.45. The van der Waals surface area contributed by atoms with Crippen molar-refractivity contribution in [1.82, 2.24) is 5.32 Å². The average molecular weight is 1110 g/mol. The number of esters is 1. The summed E-state index contributed by atoms with van der Waals surface area (Å²) in [6.45, 7) is 4.94. The molecule has 0 saturated heterocycles. The van der Waals surface area contributed by atoms with E-state index in [1.165, 1.54) is 334 Å². The van der Waals surface area contributed by atoms with E-state index in [0.717, 1.165) is 44.9 Å². The Kier molecular flexibility index (Phi) is 67.4. The van der Waals surface area contributed by atoms with Gasteiger partial charge in [0.2, 0.25) is 5.91 Å². The first-order chi connectivity index (χ1) is 39.0. The van der Waals surface area contributed by atoms with Crippen molar-refractivity contribution in [1.29, 1.82) is 0 Å². The third-order valence-electron chi connectivity index (χ3n) is 17.0. The lowest BCUT2D eigenvalue weighted by atomic mass is 10.0. The van der Waals surface area contributed by atoms with Gasteiger partial charge >= 0.3 is 5.97 Å². The molecule has 0 spiro atoms. The second-order valence-electron chi connectivity index (χ2n) is 24.9. The van der Waals surface area contributed by atoms with E-state index in [2.05, 4.69) is 31.3 Å². The zero-order valence-corrected chi connectivity index (χ0v) is 53.6. The highest BCUT2D eigenvalue weighted by molar-refractivity contribution is 5.76. The Balaban J connectivity index is 3.38. The lowest BCUT2D eigenvalue weighted by Gasteiger charge is -2.20. The van der Waals surface area contributed by atoms with Crippen LogP contribution in [0.1, 0.15) is 406 Å². The van der Waals surface area contributed by atoms with Crippen molar-refractivity contribution in [2.75, 3.05) is 13.2 Å². The first-order valence-corrected chi connectivity index (χ1v) is 36.1. The molecular weight excluding hydrogens is 971 g/mol. The van der Waals surface area contributed by atoms with E-state index in [1.807, 2.05) is 6.08 Å². The van der Waals surface area contributed by atoms with E-state index in [9.17, 15) is 19.8 Å². The van der Waals surface area contributed by atoms with Crippen LogP contribution in [0.4, 0.5) is 0 Å². The lowest BCUT2D eigenvalue weighted by molar-refractivity contribution is -0.143. The number of ether oxygens (including phenoxy) is 1. The highest BCUT2D eigenvalue weighted by Crippen LogP contribution is 2.19. The summed E-state index contributed by atoms with van der Waals surface area (Å²) in [5.41, 5.74) is 0. The van der Waals surface area contributed by atoms with Crippen LogP contribution in [-0.4, -0.2) is 47.4 Å². The minimum Gasteiger partial charge on any atom is -0.466 e. The van der Waals surface area contributed by atoms with Crippen molar-refractivity contribution in [3.63, 3.8) is 0 Å². The monoisotopic (exact) mass is 1110 g/mol. The minimum absolute atomic E-state index is 0.0144. The van der Waals surface area contributed by atoms with Crippen molar-refractivity contribution in [2.45, 2.75) is 418 Å². The molecule has 6 heteroatoms. The number of nitrogens with one attached hydrogen (secondary N) is 1. The van der Waals surface area contributed by atoms with Gasteiger partial charge in [0.25, 0.3) is 0 Å². The van der Waals surface area contributed by atoms with Crippen molar-refractivity contribution in [3.05, 3.63) is 24.3 Å². The predicted molar refractivity (Wildman–Crippen MR) is 347 cm³/mol. The maximum atomic E-state index is 12.5. The van der Waals surface area contributed by atoms with Gasteiger partial charge in [0.05, 0.1) is 25.4 Å². The fraction of sp³-hybridized carbons (Fsp3) is 0.918. The first-order valence-electron chi connectivity index (χ1n) is 36.1. The van der Waals surface area contributed by atoms with Crippen LogP contribution in [0.5, 0.6) is 0 Å². The molecule has 468 valence electrons. The van der Waals surface area contributed by atoms with Gasteiger partial charge in [-0.25, -0.2) is 0 Å². The molecule has 3 N–H and O–H groups in total. The molecule has 0 rings (SSSR count). The van der Waals surface area contributed by atoms with E-state index in [1.54, 1.807) is 6.08 Å². The SMILES string of the molecule is CCCCCCCC/C=C\CCCCCCCCCCCC(=O)OCCCCCCCCCCCCCCCCCCCCCCCCCC(=O)NC(CO)C(O)/C=C/CCCCCCCCCCCCCCCCCCCC. The molecule has 1 amide bonds. The van der Waals surface area contributed by atoms with Crippen LogP contribution >= 0.6 is 0 Å². The number of hydrogen-bond donors (Lipinski definition) is 3. The standard InChI is InChI=1S/C73H141NO5/c1-3-5-7-9-11-13-15-17-19-21-23-30-33-37-41-45-49-53-57-61-65-71(76)70(69-75)74-72(77)66-62-58-54-50-46-42-38-34-31-27-25-24-26-28-32-36-40-44-48-52-56-60-64-68-79-73(78)67-63-59-55-51-47-43-39-35-29-22-20-18-16-14-12-10-8-6-4-2/h18,20,61,65,70-71,75-76H,3-17,19,21-60,62-64,66-69H2,1-2H3,(H,74,77)/b20-18-,65-61+. The van der Waals surface area contributed by atoms with Gasteiger partial charge in [0, 0.05) is 12.8 Å². The smallest absolute Gasteiger partial charge is 0.305 e. The molecule has 0 aliphatic rings. The van der Waals surface area contributed by atoms with Gasteiger partial charge in [-0.15, -0.1) is 0 Å². The predicted octanol–water partition coefficient (Wildman–Crippen LogP) is 23.3. The third kappa shape index (κ3) is 65.4. The van der Waals surface area contributed by atoms with Crippen molar-refractivity contribution in [2.24, 2.45) is 0 Å². The molecule has 0 radical (unpaired) electrons. The van der Waals surface area contributed by atoms with Gasteiger partial charge in [-0.2, -0.15) is 0 Å². The normalized spacial score (nSPS) is 12.6. The van der Waals surface area contributed by atoms with Crippen LogP contribution in [-0.2, 0) is 14.3 Å². The summed E-state index contributed by atoms with van der Waals surface area (Å²) < 4.78 is 5.51. The molecular formula is C73H141NO5. The molecule has 0 heterocycles. The molecule has 6 nitrogen and oxygen atoms in total. The quantitative estimate of drug-likeness (QED) is 0.0320. The zero-order valence-electron chi connectivity index (χ0n) is 53.6. The molecule has 2 unspecified atom stereocenters. The first kappa shape index (κ1) is 77.3. The van der Waals surface area contributed by atoms with E-state index >= 15 is 0 Å². The Hall–Kier alpha value is -1.66. The molecule has 0 aromatic carbocycles. The van der Waals surface area contributed by atoms with Crippen molar-refractivity contribution in [3.8, 4) is 0 Å². The molecule has 0 aromatic heterocycles. The summed E-state index contributed by atoms with van der Waals surface area (Å²) in [6, 6.07) is -0.628. The molecule has 0 aliphatic heterocycles. The van der Waals surface area contributed by atoms with E-state index in [4.69, 9.17) is 4.74 Å². The van der Waals surface area contributed by atoms with Crippen molar-refractivity contribution < 1.29 is 24.5 Å². The highest BCUT2D eigenvalue weighted by atomic mass is 16.5. The van der Waals surface area contributed by atoms with E-state index in [0.29, 0.717) is 19.4 Å². The topological polar surface area (TPSA) is 95.9 Å². The third-order valence-corrected chi connectivity index (χ3v) is 17.0. The Morgan fingerprint density at radius 1 is 0.342 bits per heavy atom. The second kappa shape index (κ2) is 68.8. The number of aliphatic hydroxyl groups is 2. The molecule has 79 heavy (non-hydrogen) atoms. The fourth-order valence-corrected chi connectivity index (χ4v) is 11.5. The van der Waals surface area contributed by atoms with Gasteiger partial charge < -0.3 is 20.3 Å². The Morgan fingerprint density at radius 2 is 0.595 bits per heavy atom. The van der Waals surface area contributed by atoms with Gasteiger partial charge in [-0.1, -0.05) is 359 Å². The summed E-state index contributed by atoms with van der Waals surface area (Å²) in [5.74, 6) is -0.0490. The van der Waals surface area contributed by atoms with Gasteiger partial charge in [0.1, 0.15) is 0 Å². The van der Waals surface area contributed by atoms with Gasteiger partial charge in [0.15, 0.2) is 0 Å². The second-order valence-corrected chi connectivity index (χ2v) is 24.9. The lowest BCUT2D eigenvalue weighted by Crippen LogP contribution is -2.45. The molecule has 0 fully saturated rings. The summed E-state index contributed by atoms with van der Waals surface area (Å²) >= 11 is 0. The number of allylic oxidation sites excluding steroid dienone is 3. The van der Waals surface area contributed by atoms with Crippen LogP contribution in [0.15, 0.2) is 24.3 Å². The number of rotatable bonds is 68. The summed E-state index contributed by atoms with van der Waals surface area (Å²) in [6.07, 6.45) is 86.8. The zero-order chi connectivity index (χ0) is 57.1. The molecule has 0 aliphatic carbocycles. The number of unbranched alkanes of at least 4 members (excludes halogenated alkanes) is 55. The van der Waals surface area contributed by atoms with Crippen molar-refractivity contribution >= 4 is 11.9 Å². The Labute approximate surface area is 494 Å². The molecule has 2 atom stereocenters. The highest BCUT2D eigenvalue weighted by Gasteiger charge is 2.18. The summed E-state index contributed by atoms with van der Waals surface area (Å²) in [7, 11) is 0. The number of hydrogen-bond acceptors (Lipinski definition) is 5.